The highest BCUT2D eigenvalue weighted by molar-refractivity contribution is 5.28. The van der Waals surface area contributed by atoms with Crippen molar-refractivity contribution in [3.8, 4) is 5.75 Å². The summed E-state index contributed by atoms with van der Waals surface area (Å²) in [4.78, 5) is 0. The van der Waals surface area contributed by atoms with Gasteiger partial charge in [-0.1, -0.05) is 19.1 Å². The largest absolute Gasteiger partial charge is 0.497 e. The van der Waals surface area contributed by atoms with Gasteiger partial charge in [-0.2, -0.15) is 0 Å². The third-order valence-electron chi connectivity index (χ3n) is 1.97. The van der Waals surface area contributed by atoms with Gasteiger partial charge in [0.25, 0.3) is 0 Å². The average molecular weight is 179 g/mol. The number of hydrogen-bond donors (Lipinski definition) is 1. The number of nitrogens with one attached hydrogen (secondary N) is 1. The van der Waals surface area contributed by atoms with Gasteiger partial charge in [0.05, 0.1) is 7.11 Å². The summed E-state index contributed by atoms with van der Waals surface area (Å²) in [7, 11) is 1.70. The summed E-state index contributed by atoms with van der Waals surface area (Å²) >= 11 is 0. The summed E-state index contributed by atoms with van der Waals surface area (Å²) in [6, 6.07) is 8.20. The minimum Gasteiger partial charge on any atom is -0.497 e. The molecule has 0 amide bonds. The Morgan fingerprint density at radius 3 is 2.92 bits per heavy atom. The van der Waals surface area contributed by atoms with Crippen LogP contribution in [0.3, 0.4) is 0 Å². The Morgan fingerprint density at radius 1 is 1.38 bits per heavy atom. The van der Waals surface area contributed by atoms with Crippen LogP contribution in [-0.2, 0) is 6.42 Å². The van der Waals surface area contributed by atoms with Crippen molar-refractivity contribution in [1.29, 1.82) is 0 Å². The number of hydrogen-bond acceptors (Lipinski definition) is 2. The van der Waals surface area contributed by atoms with Crippen LogP contribution < -0.4 is 10.1 Å². The molecule has 0 fully saturated rings. The molecule has 0 spiro atoms. The molecule has 0 aliphatic carbocycles. The highest BCUT2D eigenvalue weighted by atomic mass is 16.5. The van der Waals surface area contributed by atoms with E-state index in [9.17, 15) is 0 Å². The van der Waals surface area contributed by atoms with Crippen molar-refractivity contribution in [3.05, 3.63) is 29.8 Å². The maximum atomic E-state index is 5.14. The van der Waals surface area contributed by atoms with Crippen LogP contribution in [-0.4, -0.2) is 20.2 Å². The Hall–Kier alpha value is -1.02. The number of likely N-dealkylation sites (N-methyl/N-ethyl adjacent to an activating group) is 1. The molecule has 2 nitrogen and oxygen atoms in total. The van der Waals surface area contributed by atoms with E-state index in [1.807, 2.05) is 12.1 Å². The predicted octanol–water partition coefficient (Wildman–Crippen LogP) is 1.85. The van der Waals surface area contributed by atoms with Crippen LogP contribution in [0.15, 0.2) is 24.3 Å². The molecule has 0 aliphatic rings. The van der Waals surface area contributed by atoms with Crippen LogP contribution in [0.4, 0.5) is 0 Å². The van der Waals surface area contributed by atoms with Crippen molar-refractivity contribution in [3.63, 3.8) is 0 Å². The van der Waals surface area contributed by atoms with Crippen LogP contribution in [0.1, 0.15) is 12.5 Å². The quantitative estimate of drug-likeness (QED) is 0.696. The second kappa shape index (κ2) is 5.60. The van der Waals surface area contributed by atoms with Crippen molar-refractivity contribution >= 4 is 0 Å². The minimum absolute atomic E-state index is 0.939. The Kier molecular flexibility index (Phi) is 4.33. The van der Waals surface area contributed by atoms with Gasteiger partial charge in [0.2, 0.25) is 0 Å². The summed E-state index contributed by atoms with van der Waals surface area (Å²) in [6.45, 7) is 4.18. The molecule has 0 bridgehead atoms. The molecule has 1 rings (SSSR count). The summed E-state index contributed by atoms with van der Waals surface area (Å²) in [6.07, 6.45) is 1.06. The third-order valence-corrected chi connectivity index (χ3v) is 1.97. The summed E-state index contributed by atoms with van der Waals surface area (Å²) in [5, 5.41) is 3.29. The van der Waals surface area contributed by atoms with E-state index in [2.05, 4.69) is 24.4 Å². The Morgan fingerprint density at radius 2 is 2.23 bits per heavy atom. The molecule has 13 heavy (non-hydrogen) atoms. The van der Waals surface area contributed by atoms with E-state index in [0.717, 1.165) is 25.3 Å². The molecule has 0 saturated carbocycles. The van der Waals surface area contributed by atoms with Crippen molar-refractivity contribution in [2.45, 2.75) is 13.3 Å². The average Bonchev–Trinajstić information content (AvgIpc) is 2.19. The maximum absolute atomic E-state index is 5.14. The van der Waals surface area contributed by atoms with Crippen molar-refractivity contribution in [2.75, 3.05) is 20.2 Å². The van der Waals surface area contributed by atoms with Crippen molar-refractivity contribution < 1.29 is 4.74 Å². The van der Waals surface area contributed by atoms with E-state index in [1.54, 1.807) is 7.11 Å². The van der Waals surface area contributed by atoms with Gasteiger partial charge in [0.1, 0.15) is 5.75 Å². The number of methoxy groups -OCH3 is 1. The van der Waals surface area contributed by atoms with Gasteiger partial charge in [-0.25, -0.2) is 0 Å². The first-order valence-electron chi connectivity index (χ1n) is 4.70. The molecule has 1 aromatic rings. The Balaban J connectivity index is 2.46. The smallest absolute Gasteiger partial charge is 0.119 e. The fourth-order valence-electron chi connectivity index (χ4n) is 1.24. The molecule has 0 saturated heterocycles. The third kappa shape index (κ3) is 3.47. The molecule has 0 unspecified atom stereocenters. The lowest BCUT2D eigenvalue weighted by Crippen LogP contribution is -2.15. The fourth-order valence-corrected chi connectivity index (χ4v) is 1.24. The minimum atomic E-state index is 0.939. The van der Waals surface area contributed by atoms with E-state index in [-0.39, 0.29) is 0 Å². The zero-order chi connectivity index (χ0) is 9.52. The highest BCUT2D eigenvalue weighted by Crippen LogP contribution is 2.12. The molecule has 0 atom stereocenters. The molecule has 1 N–H and O–H groups in total. The predicted molar refractivity (Wildman–Crippen MR) is 55.2 cm³/mol. The molecule has 2 heteroatoms. The van der Waals surface area contributed by atoms with E-state index in [1.165, 1.54) is 5.56 Å². The number of ether oxygens (including phenoxy) is 1. The van der Waals surface area contributed by atoms with Crippen LogP contribution in [0.25, 0.3) is 0 Å². The Bertz CT molecular complexity index is 248. The summed E-state index contributed by atoms with van der Waals surface area (Å²) in [5.74, 6) is 0.939. The standard InChI is InChI=1S/C11H17NO/c1-3-12-8-7-10-5-4-6-11(9-10)13-2/h4-6,9,12H,3,7-8H2,1-2H3. The van der Waals surface area contributed by atoms with Crippen LogP contribution in [0.2, 0.25) is 0 Å². The normalized spacial score (nSPS) is 10.0. The molecule has 0 aliphatic heterocycles. The van der Waals surface area contributed by atoms with E-state index < -0.39 is 0 Å². The molecule has 1 aromatic carbocycles. The lowest BCUT2D eigenvalue weighted by atomic mass is 10.1. The molecule has 0 radical (unpaired) electrons. The van der Waals surface area contributed by atoms with Gasteiger partial charge in [-0.3, -0.25) is 0 Å². The first-order valence-corrected chi connectivity index (χ1v) is 4.70. The second-order valence-corrected chi connectivity index (χ2v) is 2.96. The molecule has 0 heterocycles. The fraction of sp³-hybridized carbons (Fsp3) is 0.455. The lowest BCUT2D eigenvalue weighted by Gasteiger charge is -2.04. The van der Waals surface area contributed by atoms with Crippen LogP contribution in [0, 0.1) is 0 Å². The lowest BCUT2D eigenvalue weighted by molar-refractivity contribution is 0.414. The van der Waals surface area contributed by atoms with Crippen LogP contribution >= 0.6 is 0 Å². The van der Waals surface area contributed by atoms with E-state index in [0.29, 0.717) is 0 Å². The van der Waals surface area contributed by atoms with Gasteiger partial charge < -0.3 is 10.1 Å². The monoisotopic (exact) mass is 179 g/mol. The van der Waals surface area contributed by atoms with Gasteiger partial charge in [-0.15, -0.1) is 0 Å². The zero-order valence-electron chi connectivity index (χ0n) is 8.34. The molecule has 0 aromatic heterocycles. The highest BCUT2D eigenvalue weighted by Gasteiger charge is 1.94. The van der Waals surface area contributed by atoms with Gasteiger partial charge in [-0.05, 0) is 37.2 Å². The number of rotatable bonds is 5. The summed E-state index contributed by atoms with van der Waals surface area (Å²) < 4.78 is 5.14. The molecular formula is C11H17NO. The second-order valence-electron chi connectivity index (χ2n) is 2.96. The first-order chi connectivity index (χ1) is 6.36. The van der Waals surface area contributed by atoms with E-state index >= 15 is 0 Å². The van der Waals surface area contributed by atoms with E-state index in [4.69, 9.17) is 4.74 Å². The topological polar surface area (TPSA) is 21.3 Å². The van der Waals surface area contributed by atoms with Gasteiger partial charge in [0, 0.05) is 0 Å². The SMILES string of the molecule is CCNCCc1cccc(OC)c1. The Labute approximate surface area is 79.9 Å². The van der Waals surface area contributed by atoms with Crippen molar-refractivity contribution in [1.82, 2.24) is 5.32 Å². The van der Waals surface area contributed by atoms with Crippen LogP contribution in [0.5, 0.6) is 5.75 Å². The molecule has 72 valence electrons. The number of benzene rings is 1. The first kappa shape index (κ1) is 10.1. The maximum Gasteiger partial charge on any atom is 0.119 e. The van der Waals surface area contributed by atoms with Gasteiger partial charge >= 0.3 is 0 Å². The van der Waals surface area contributed by atoms with Crippen molar-refractivity contribution in [2.24, 2.45) is 0 Å². The van der Waals surface area contributed by atoms with Gasteiger partial charge in [0.15, 0.2) is 0 Å². The molecular weight excluding hydrogens is 162 g/mol. The zero-order valence-corrected chi connectivity index (χ0v) is 8.34. The summed E-state index contributed by atoms with van der Waals surface area (Å²) in [5.41, 5.74) is 1.32.